The van der Waals surface area contributed by atoms with Gasteiger partial charge in [0.1, 0.15) is 21.2 Å². The third-order valence-corrected chi connectivity index (χ3v) is 14.5. The number of aromatic nitrogens is 4. The number of hydrogen-bond donors (Lipinski definition) is 1. The molecule has 314 valence electrons. The Kier molecular flexibility index (Phi) is 11.7. The van der Waals surface area contributed by atoms with Crippen molar-refractivity contribution in [1.29, 1.82) is 0 Å². The van der Waals surface area contributed by atoms with E-state index in [1.165, 1.54) is 29.1 Å². The molecule has 4 heterocycles. The molecule has 2 aromatic carbocycles. The zero-order chi connectivity index (χ0) is 41.5. The number of hydrogen-bond acceptors (Lipinski definition) is 10. The minimum atomic E-state index is -3.81. The van der Waals surface area contributed by atoms with Crippen molar-refractivity contribution in [2.24, 2.45) is 36.2 Å². The van der Waals surface area contributed by atoms with Crippen molar-refractivity contribution in [1.82, 2.24) is 24.1 Å². The maximum absolute atomic E-state index is 15.1. The summed E-state index contributed by atoms with van der Waals surface area (Å²) in [6.45, 7) is 3.90. The summed E-state index contributed by atoms with van der Waals surface area (Å²) >= 11 is 6.50. The van der Waals surface area contributed by atoms with Gasteiger partial charge in [0.15, 0.2) is 0 Å². The lowest BCUT2D eigenvalue weighted by Gasteiger charge is -2.46. The standard InChI is InChI=1S/C43H52ClN7O7S/c1-27-23-59(54,48-41(53)34-21-50(3)46-42(34)56-5)47-40(52)29-9-13-39-36(18-29)51(24-43(25-58-39)16-6-7-28-17-31(44)10-12-35(28)43)19-30-8-11-33(30)38(55-4)15-14-37(27)57-22-32-20-49(2)26-45-32/h9-10,12-15,17-18,20-21,26-27,30,33,37-38H,6-8,11,16,19,22-25H2,1-5H3,(H,47,48,52,53,54)/b15-14+/t27-,30+,33-,37+,38+,43+,59?/m1/s1. The van der Waals surface area contributed by atoms with Crippen LogP contribution in [0.4, 0.5) is 5.69 Å². The molecule has 0 saturated heterocycles. The van der Waals surface area contributed by atoms with Gasteiger partial charge in [0.05, 0.1) is 56.0 Å². The van der Waals surface area contributed by atoms with Crippen LogP contribution in [0.2, 0.25) is 5.02 Å². The molecule has 2 aliphatic heterocycles. The summed E-state index contributed by atoms with van der Waals surface area (Å²) in [6.07, 6.45) is 13.1. The summed E-state index contributed by atoms with van der Waals surface area (Å²) < 4.78 is 50.1. The molecule has 2 aromatic heterocycles. The van der Waals surface area contributed by atoms with Crippen molar-refractivity contribution >= 4 is 39.0 Å². The van der Waals surface area contributed by atoms with Gasteiger partial charge < -0.3 is 28.4 Å². The number of amides is 2. The number of nitrogens with zero attached hydrogens (tertiary/aromatic N) is 6. The molecule has 2 aliphatic carbocycles. The van der Waals surface area contributed by atoms with Gasteiger partial charge in [-0.25, -0.2) is 9.19 Å². The third kappa shape index (κ3) is 8.52. The number of fused-ring (bicyclic) bond motifs is 4. The number of halogens is 1. The van der Waals surface area contributed by atoms with Crippen molar-refractivity contribution in [2.75, 3.05) is 44.6 Å². The lowest BCUT2D eigenvalue weighted by molar-refractivity contribution is 0.00990. The smallest absolute Gasteiger partial charge is 0.286 e. The Labute approximate surface area is 350 Å². The SMILES string of the molecule is COc1nn(C)cc1C(=O)NS1(=O)=NC(=O)c2ccc3c(c2)N(C[C@@H]2CC[C@H]2[C@@H](OC)/C=C/[C@H](OCc2cn(C)cn2)[C@H](C)C1)C[C@@]1(CCCc2cc(Cl)ccc21)CO3. The van der Waals surface area contributed by atoms with E-state index < -0.39 is 33.8 Å². The first kappa shape index (κ1) is 41.1. The summed E-state index contributed by atoms with van der Waals surface area (Å²) in [5, 5.41) is 4.91. The number of aryl methyl sites for hydroxylation is 3. The van der Waals surface area contributed by atoms with E-state index in [0.717, 1.165) is 48.5 Å². The van der Waals surface area contributed by atoms with Crippen LogP contribution in [-0.2, 0) is 51.9 Å². The molecular formula is C43H52ClN7O7S. The van der Waals surface area contributed by atoms with Crippen molar-refractivity contribution < 1.29 is 32.7 Å². The van der Waals surface area contributed by atoms with Crippen LogP contribution in [0.1, 0.15) is 70.1 Å². The molecule has 1 saturated carbocycles. The van der Waals surface area contributed by atoms with Crippen molar-refractivity contribution in [3.63, 3.8) is 0 Å². The monoisotopic (exact) mass is 845 g/mol. The van der Waals surface area contributed by atoms with Crippen LogP contribution >= 0.6 is 11.6 Å². The second-order valence-corrected chi connectivity index (χ2v) is 19.0. The van der Waals surface area contributed by atoms with E-state index in [0.29, 0.717) is 31.4 Å². The second kappa shape index (κ2) is 16.7. The number of rotatable bonds is 7. The fourth-order valence-electron chi connectivity index (χ4n) is 9.25. The topological polar surface area (TPSA) is 151 Å². The number of benzene rings is 2. The van der Waals surface area contributed by atoms with Crippen LogP contribution in [0, 0.1) is 17.8 Å². The van der Waals surface area contributed by atoms with E-state index >= 15 is 4.21 Å². The number of nitrogens with one attached hydrogen (secondary N) is 1. The number of methoxy groups -OCH3 is 2. The number of carbonyl (C=O) groups excluding carboxylic acids is 2. The average Bonchev–Trinajstić information content (AvgIpc) is 3.76. The molecule has 14 nitrogen and oxygen atoms in total. The van der Waals surface area contributed by atoms with Gasteiger partial charge in [-0.2, -0.15) is 0 Å². The minimum Gasteiger partial charge on any atom is -0.490 e. The molecule has 16 heteroatoms. The van der Waals surface area contributed by atoms with Gasteiger partial charge in [-0.05, 0) is 85.4 Å². The predicted molar refractivity (Wildman–Crippen MR) is 224 cm³/mol. The summed E-state index contributed by atoms with van der Waals surface area (Å²) in [5.74, 6) is -0.953. The molecule has 1 N–H and O–H groups in total. The summed E-state index contributed by atoms with van der Waals surface area (Å²) in [6, 6.07) is 11.5. The van der Waals surface area contributed by atoms with Crippen molar-refractivity contribution in [3.8, 4) is 11.6 Å². The Morgan fingerprint density at radius 3 is 2.68 bits per heavy atom. The van der Waals surface area contributed by atoms with Gasteiger partial charge in [0.2, 0.25) is 5.88 Å². The van der Waals surface area contributed by atoms with Gasteiger partial charge in [-0.3, -0.25) is 19.0 Å². The fourth-order valence-corrected chi connectivity index (χ4v) is 11.3. The van der Waals surface area contributed by atoms with Gasteiger partial charge in [-0.15, -0.1) is 9.46 Å². The van der Waals surface area contributed by atoms with Crippen LogP contribution < -0.4 is 19.1 Å². The van der Waals surface area contributed by atoms with Crippen LogP contribution in [-0.4, -0.2) is 87.2 Å². The lowest BCUT2D eigenvalue weighted by atomic mass is 9.68. The first-order valence-electron chi connectivity index (χ1n) is 20.1. The predicted octanol–water partition coefficient (Wildman–Crippen LogP) is 6.07. The highest BCUT2D eigenvalue weighted by Gasteiger charge is 2.44. The third-order valence-electron chi connectivity index (χ3n) is 12.3. The van der Waals surface area contributed by atoms with Gasteiger partial charge in [0, 0.05) is 68.6 Å². The molecule has 2 bridgehead atoms. The Balaban J connectivity index is 1.22. The Bertz CT molecular complexity index is 2390. The highest BCUT2D eigenvalue weighted by atomic mass is 35.5. The highest BCUT2D eigenvalue weighted by molar-refractivity contribution is 7.92. The average molecular weight is 846 g/mol. The molecule has 2 amide bonds. The Hall–Kier alpha value is -4.70. The highest BCUT2D eigenvalue weighted by Crippen LogP contribution is 2.47. The van der Waals surface area contributed by atoms with Crippen LogP contribution in [0.5, 0.6) is 11.6 Å². The van der Waals surface area contributed by atoms with Crippen LogP contribution in [0.15, 0.2) is 71.6 Å². The Morgan fingerprint density at radius 2 is 1.93 bits per heavy atom. The number of anilines is 1. The van der Waals surface area contributed by atoms with E-state index in [1.807, 2.05) is 49.0 Å². The molecule has 8 rings (SSSR count). The summed E-state index contributed by atoms with van der Waals surface area (Å²) in [5.41, 5.74) is 3.96. The van der Waals surface area contributed by atoms with Gasteiger partial charge in [-0.1, -0.05) is 36.7 Å². The second-order valence-electron chi connectivity index (χ2n) is 16.5. The Morgan fingerprint density at radius 1 is 1.10 bits per heavy atom. The number of imidazole rings is 1. The van der Waals surface area contributed by atoms with Crippen molar-refractivity contribution in [2.45, 2.75) is 63.3 Å². The maximum atomic E-state index is 15.1. The quantitative estimate of drug-likeness (QED) is 0.217. The lowest BCUT2D eigenvalue weighted by Crippen LogP contribution is -2.49. The summed E-state index contributed by atoms with van der Waals surface area (Å²) in [4.78, 5) is 35.0. The molecule has 4 aromatic rings. The first-order chi connectivity index (χ1) is 28.4. The van der Waals surface area contributed by atoms with E-state index in [-0.39, 0.29) is 46.8 Å². The fraction of sp³-hybridized carbons (Fsp3) is 0.488. The molecular weight excluding hydrogens is 794 g/mol. The zero-order valence-corrected chi connectivity index (χ0v) is 35.7. The normalized spacial score (nSPS) is 28.6. The molecule has 4 aliphatic rings. The van der Waals surface area contributed by atoms with Gasteiger partial charge >= 0.3 is 0 Å². The first-order valence-corrected chi connectivity index (χ1v) is 22.2. The molecule has 0 radical (unpaired) electrons. The molecule has 1 unspecified atom stereocenters. The van der Waals surface area contributed by atoms with Gasteiger partial charge in [0.25, 0.3) is 11.8 Å². The molecule has 1 spiro atoms. The number of carbonyl (C=O) groups is 2. The largest absolute Gasteiger partial charge is 0.490 e. The maximum Gasteiger partial charge on any atom is 0.286 e. The van der Waals surface area contributed by atoms with E-state index in [2.05, 4.69) is 36.2 Å². The molecule has 7 atom stereocenters. The summed E-state index contributed by atoms with van der Waals surface area (Å²) in [7, 11) is 2.85. The van der Waals surface area contributed by atoms with E-state index in [1.54, 1.807) is 32.6 Å². The van der Waals surface area contributed by atoms with E-state index in [9.17, 15) is 9.59 Å². The van der Waals surface area contributed by atoms with Crippen molar-refractivity contribution in [3.05, 3.63) is 100 Å². The van der Waals surface area contributed by atoms with Crippen LogP contribution in [0.3, 0.4) is 0 Å². The van der Waals surface area contributed by atoms with E-state index in [4.69, 9.17) is 30.5 Å². The number of ether oxygens (including phenoxy) is 4. The van der Waals surface area contributed by atoms with Crippen LogP contribution in [0.25, 0.3) is 0 Å². The molecule has 59 heavy (non-hydrogen) atoms. The molecule has 1 fully saturated rings. The minimum absolute atomic E-state index is 0.0484. The zero-order valence-electron chi connectivity index (χ0n) is 34.1.